The van der Waals surface area contributed by atoms with E-state index in [1.165, 1.54) is 0 Å². The molecule has 0 aromatic rings. The van der Waals surface area contributed by atoms with Crippen LogP contribution in [0.25, 0.3) is 0 Å². The summed E-state index contributed by atoms with van der Waals surface area (Å²) in [7, 11) is 0. The van der Waals surface area contributed by atoms with E-state index < -0.39 is 0 Å². The summed E-state index contributed by atoms with van der Waals surface area (Å²) in [5.41, 5.74) is 0. The molecule has 0 amide bonds. The van der Waals surface area contributed by atoms with Gasteiger partial charge < -0.3 is 95.9 Å². The molecule has 0 aliphatic carbocycles. The van der Waals surface area contributed by atoms with Gasteiger partial charge in [0, 0.05) is 0 Å². The standard InChI is InChI=1S/4HI.2Sn.4H/h4*1H;;;;;;/q;;;;2*+2;;;;/p-4. The summed E-state index contributed by atoms with van der Waals surface area (Å²) < 4.78 is 0. The Morgan fingerprint density at radius 2 is 0.333 bits per heavy atom. The summed E-state index contributed by atoms with van der Waals surface area (Å²) in [6.07, 6.45) is 0. The first-order chi connectivity index (χ1) is 0. The summed E-state index contributed by atoms with van der Waals surface area (Å²) >= 11 is 0. The number of hydrogen-bond acceptors (Lipinski definition) is 0. The Hall–Kier alpha value is 4.52. The van der Waals surface area contributed by atoms with Crippen molar-refractivity contribution in [2.24, 2.45) is 0 Å². The molecule has 0 aliphatic heterocycles. The molecule has 0 aliphatic rings. The summed E-state index contributed by atoms with van der Waals surface area (Å²) in [5.74, 6) is 0. The van der Waals surface area contributed by atoms with Crippen molar-refractivity contribution < 1.29 is 95.9 Å². The van der Waals surface area contributed by atoms with E-state index in [0.29, 0.717) is 0 Å². The van der Waals surface area contributed by atoms with Crippen LogP contribution in [0.1, 0.15) is 0 Å². The molecule has 0 nitrogen and oxygen atoms in total. The van der Waals surface area contributed by atoms with Crippen LogP contribution < -0.4 is 95.9 Å². The SMILES string of the molecule is [I-].[I-].[I-].[I-].[SnH2+2].[SnH2+2]. The molecule has 0 saturated heterocycles. The molecule has 40 valence electrons. The van der Waals surface area contributed by atoms with Crippen LogP contribution >= 0.6 is 0 Å². The van der Waals surface area contributed by atoms with Crippen LogP contribution in [-0.4, -0.2) is 47.8 Å². The van der Waals surface area contributed by atoms with Gasteiger partial charge in [-0.2, -0.15) is 0 Å². The van der Waals surface area contributed by atoms with Crippen LogP contribution in [0.4, 0.5) is 0 Å². The van der Waals surface area contributed by atoms with Crippen LogP contribution in [0.5, 0.6) is 0 Å². The van der Waals surface area contributed by atoms with Gasteiger partial charge in [0.2, 0.25) is 0 Å². The normalized spacial score (nSPS) is 0. The van der Waals surface area contributed by atoms with Crippen molar-refractivity contribution in [3.05, 3.63) is 0 Å². The molecular formula is H4I4Sn2. The zero-order valence-corrected chi connectivity index (χ0v) is 19.6. The van der Waals surface area contributed by atoms with E-state index in [1.807, 2.05) is 0 Å². The van der Waals surface area contributed by atoms with Crippen LogP contribution in [0.2, 0.25) is 0 Å². The van der Waals surface area contributed by atoms with Gasteiger partial charge in [-0.05, 0) is 0 Å². The number of hydrogen-bond donors (Lipinski definition) is 0. The van der Waals surface area contributed by atoms with E-state index >= 15 is 0 Å². The third-order valence-corrected chi connectivity index (χ3v) is 0. The Kier molecular flexibility index (Phi) is 263. The maximum absolute atomic E-state index is 0. The van der Waals surface area contributed by atoms with E-state index in [2.05, 4.69) is 0 Å². The summed E-state index contributed by atoms with van der Waals surface area (Å²) in [6.45, 7) is 0. The van der Waals surface area contributed by atoms with Gasteiger partial charge in [0.25, 0.3) is 0 Å². The fourth-order valence-corrected chi connectivity index (χ4v) is 0. The summed E-state index contributed by atoms with van der Waals surface area (Å²) in [6, 6.07) is 0. The average Bonchev–Trinajstić information content (AvgIpc) is 0. The molecule has 0 rings (SSSR count). The first kappa shape index (κ1) is 46.7. The molecule has 0 N–H and O–H groups in total. The maximum atomic E-state index is 0. The topological polar surface area (TPSA) is 0 Å². The molecule has 0 fully saturated rings. The molecule has 0 heterocycles. The Balaban J connectivity index is 0. The Morgan fingerprint density at radius 3 is 0.333 bits per heavy atom. The van der Waals surface area contributed by atoms with Gasteiger partial charge in [-0.25, -0.2) is 0 Å². The zero-order chi connectivity index (χ0) is 0. The van der Waals surface area contributed by atoms with E-state index in [0.717, 1.165) is 0 Å². The predicted molar refractivity (Wildman–Crippen MR) is 17.1 cm³/mol. The molecule has 6 heavy (non-hydrogen) atoms. The molecule has 0 bridgehead atoms. The zero-order valence-electron chi connectivity index (χ0n) is 2.93. The number of halogens is 4. The molecule has 0 saturated carbocycles. The van der Waals surface area contributed by atoms with Gasteiger partial charge in [0.05, 0.1) is 0 Å². The first-order valence-corrected chi connectivity index (χ1v) is 0. The van der Waals surface area contributed by atoms with Crippen LogP contribution in [-0.2, 0) is 0 Å². The first-order valence-electron chi connectivity index (χ1n) is 0. The Labute approximate surface area is 140 Å². The Bertz CT molecular complexity index is 5.51. The van der Waals surface area contributed by atoms with Crippen LogP contribution in [0, 0.1) is 0 Å². The molecule has 0 radical (unpaired) electrons. The van der Waals surface area contributed by atoms with Crippen molar-refractivity contribution in [3.63, 3.8) is 0 Å². The second kappa shape index (κ2) is 33.8. The van der Waals surface area contributed by atoms with Crippen molar-refractivity contribution in [2.45, 2.75) is 0 Å². The molecular weight excluding hydrogens is 745 g/mol. The molecule has 6 heteroatoms. The summed E-state index contributed by atoms with van der Waals surface area (Å²) in [5, 5.41) is 0. The van der Waals surface area contributed by atoms with Gasteiger partial charge in [-0.1, -0.05) is 0 Å². The number of rotatable bonds is 0. The van der Waals surface area contributed by atoms with Gasteiger partial charge in [0.15, 0.2) is 0 Å². The predicted octanol–water partition coefficient (Wildman–Crippen LogP) is -13.8. The van der Waals surface area contributed by atoms with Gasteiger partial charge in [-0.15, -0.1) is 0 Å². The third kappa shape index (κ3) is 23.6. The van der Waals surface area contributed by atoms with Gasteiger partial charge >= 0.3 is 47.8 Å². The summed E-state index contributed by atoms with van der Waals surface area (Å²) in [4.78, 5) is 0. The van der Waals surface area contributed by atoms with Crippen molar-refractivity contribution in [2.75, 3.05) is 0 Å². The van der Waals surface area contributed by atoms with Gasteiger partial charge in [0.1, 0.15) is 0 Å². The molecule has 0 unspecified atom stereocenters. The monoisotopic (exact) mass is 751 g/mol. The van der Waals surface area contributed by atoms with E-state index in [-0.39, 0.29) is 144 Å². The molecule has 0 aromatic carbocycles. The fraction of sp³-hybridized carbons (Fsp3) is 0. The van der Waals surface area contributed by atoms with E-state index in [1.54, 1.807) is 0 Å². The minimum atomic E-state index is 0. The van der Waals surface area contributed by atoms with Crippen LogP contribution in [0.15, 0.2) is 0 Å². The van der Waals surface area contributed by atoms with Crippen LogP contribution in [0.3, 0.4) is 0 Å². The van der Waals surface area contributed by atoms with Crippen molar-refractivity contribution in [3.8, 4) is 0 Å². The average molecular weight is 749 g/mol. The fourth-order valence-electron chi connectivity index (χ4n) is 0. The second-order valence-corrected chi connectivity index (χ2v) is 0. The quantitative estimate of drug-likeness (QED) is 0.171. The van der Waals surface area contributed by atoms with E-state index in [4.69, 9.17) is 0 Å². The van der Waals surface area contributed by atoms with E-state index in [9.17, 15) is 0 Å². The van der Waals surface area contributed by atoms with Crippen molar-refractivity contribution >= 4 is 47.8 Å². The molecule has 0 spiro atoms. The second-order valence-electron chi connectivity index (χ2n) is 0. The minimum absolute atomic E-state index is 0. The van der Waals surface area contributed by atoms with Crippen molar-refractivity contribution in [1.82, 2.24) is 0 Å². The molecule has 0 atom stereocenters. The third-order valence-electron chi connectivity index (χ3n) is 0. The molecule has 0 aromatic heterocycles. The van der Waals surface area contributed by atoms with Crippen molar-refractivity contribution in [1.29, 1.82) is 0 Å². The Morgan fingerprint density at radius 1 is 0.333 bits per heavy atom. The van der Waals surface area contributed by atoms with Gasteiger partial charge in [-0.3, -0.25) is 0 Å².